The lowest BCUT2D eigenvalue weighted by Crippen LogP contribution is -1.99. The molecule has 84 valence electrons. The standard InChI is InChI=1S/C14H23N/c1-4-7-12-10-14(9-6-3)15-11-13(12)8-5-2/h10-11H,4-9H2,1-3H3. The fourth-order valence-electron chi connectivity index (χ4n) is 1.96. The summed E-state index contributed by atoms with van der Waals surface area (Å²) in [4.78, 5) is 4.53. The van der Waals surface area contributed by atoms with Gasteiger partial charge in [-0.2, -0.15) is 0 Å². The Morgan fingerprint density at radius 1 is 0.867 bits per heavy atom. The van der Waals surface area contributed by atoms with Gasteiger partial charge in [-0.1, -0.05) is 40.0 Å². The van der Waals surface area contributed by atoms with Crippen molar-refractivity contribution in [1.29, 1.82) is 0 Å². The van der Waals surface area contributed by atoms with Crippen LogP contribution >= 0.6 is 0 Å². The molecule has 0 saturated heterocycles. The molecule has 1 rings (SSSR count). The van der Waals surface area contributed by atoms with Crippen LogP contribution in [0.3, 0.4) is 0 Å². The number of rotatable bonds is 6. The van der Waals surface area contributed by atoms with Crippen LogP contribution in [0.2, 0.25) is 0 Å². The lowest BCUT2D eigenvalue weighted by Gasteiger charge is -2.09. The van der Waals surface area contributed by atoms with Crippen molar-refractivity contribution >= 4 is 0 Å². The summed E-state index contributed by atoms with van der Waals surface area (Å²) in [6.45, 7) is 6.69. The molecular weight excluding hydrogens is 182 g/mol. The molecule has 0 amide bonds. The van der Waals surface area contributed by atoms with E-state index in [1.807, 2.05) is 0 Å². The molecule has 0 atom stereocenters. The van der Waals surface area contributed by atoms with Crippen LogP contribution in [-0.2, 0) is 19.3 Å². The van der Waals surface area contributed by atoms with Gasteiger partial charge in [-0.3, -0.25) is 4.98 Å². The van der Waals surface area contributed by atoms with Gasteiger partial charge in [0.05, 0.1) is 0 Å². The van der Waals surface area contributed by atoms with Crippen molar-refractivity contribution in [3.8, 4) is 0 Å². The molecule has 0 unspecified atom stereocenters. The van der Waals surface area contributed by atoms with Crippen LogP contribution in [0.1, 0.15) is 56.9 Å². The molecule has 0 saturated carbocycles. The van der Waals surface area contributed by atoms with Crippen LogP contribution in [0, 0.1) is 0 Å². The lowest BCUT2D eigenvalue weighted by atomic mass is 10.0. The zero-order valence-corrected chi connectivity index (χ0v) is 10.3. The van der Waals surface area contributed by atoms with E-state index in [4.69, 9.17) is 0 Å². The average Bonchev–Trinajstić information content (AvgIpc) is 2.23. The molecule has 15 heavy (non-hydrogen) atoms. The van der Waals surface area contributed by atoms with Gasteiger partial charge in [0.2, 0.25) is 0 Å². The maximum Gasteiger partial charge on any atom is 0.0406 e. The number of hydrogen-bond acceptors (Lipinski definition) is 1. The van der Waals surface area contributed by atoms with Crippen LogP contribution in [-0.4, -0.2) is 4.98 Å². The van der Waals surface area contributed by atoms with Crippen LogP contribution in [0.25, 0.3) is 0 Å². The quantitative estimate of drug-likeness (QED) is 0.685. The molecule has 0 spiro atoms. The van der Waals surface area contributed by atoms with E-state index < -0.39 is 0 Å². The fraction of sp³-hybridized carbons (Fsp3) is 0.643. The largest absolute Gasteiger partial charge is 0.261 e. The van der Waals surface area contributed by atoms with Gasteiger partial charge in [-0.05, 0) is 36.5 Å². The Hall–Kier alpha value is -0.850. The second-order valence-electron chi connectivity index (χ2n) is 4.19. The SMILES string of the molecule is CCCc1cc(CCC)c(CCC)cn1. The molecule has 0 aromatic carbocycles. The third-order valence-electron chi connectivity index (χ3n) is 2.68. The van der Waals surface area contributed by atoms with Crippen molar-refractivity contribution < 1.29 is 0 Å². The normalized spacial score (nSPS) is 10.6. The van der Waals surface area contributed by atoms with Gasteiger partial charge in [0.15, 0.2) is 0 Å². The van der Waals surface area contributed by atoms with E-state index in [0.717, 1.165) is 6.42 Å². The highest BCUT2D eigenvalue weighted by atomic mass is 14.7. The van der Waals surface area contributed by atoms with Crippen LogP contribution in [0.15, 0.2) is 12.3 Å². The second-order valence-corrected chi connectivity index (χ2v) is 4.19. The van der Waals surface area contributed by atoms with Gasteiger partial charge in [-0.25, -0.2) is 0 Å². The summed E-state index contributed by atoms with van der Waals surface area (Å²) in [6, 6.07) is 2.32. The van der Waals surface area contributed by atoms with Crippen molar-refractivity contribution in [2.75, 3.05) is 0 Å². The van der Waals surface area contributed by atoms with Crippen molar-refractivity contribution in [2.45, 2.75) is 59.3 Å². The first-order valence-electron chi connectivity index (χ1n) is 6.28. The first kappa shape index (κ1) is 12.2. The fourth-order valence-corrected chi connectivity index (χ4v) is 1.96. The predicted molar refractivity (Wildman–Crippen MR) is 66.2 cm³/mol. The topological polar surface area (TPSA) is 12.9 Å². The molecule has 1 nitrogen and oxygen atoms in total. The van der Waals surface area contributed by atoms with Crippen LogP contribution in [0.4, 0.5) is 0 Å². The van der Waals surface area contributed by atoms with Gasteiger partial charge in [0.25, 0.3) is 0 Å². The third-order valence-corrected chi connectivity index (χ3v) is 2.68. The molecule has 0 N–H and O–H groups in total. The molecule has 0 bridgehead atoms. The Kier molecular flexibility index (Phi) is 5.38. The minimum absolute atomic E-state index is 1.11. The summed E-state index contributed by atoms with van der Waals surface area (Å²) in [5, 5.41) is 0. The van der Waals surface area contributed by atoms with E-state index in [2.05, 4.69) is 38.0 Å². The predicted octanol–water partition coefficient (Wildman–Crippen LogP) is 3.94. The number of aryl methyl sites for hydroxylation is 3. The zero-order valence-electron chi connectivity index (χ0n) is 10.3. The van der Waals surface area contributed by atoms with Crippen molar-refractivity contribution in [2.24, 2.45) is 0 Å². The van der Waals surface area contributed by atoms with E-state index in [0.29, 0.717) is 0 Å². The summed E-state index contributed by atoms with van der Waals surface area (Å²) < 4.78 is 0. The molecule has 1 aromatic rings. The highest BCUT2D eigenvalue weighted by Gasteiger charge is 2.03. The molecule has 1 heteroatoms. The Bertz CT molecular complexity index is 291. The van der Waals surface area contributed by atoms with Crippen molar-refractivity contribution in [1.82, 2.24) is 4.98 Å². The Morgan fingerprint density at radius 3 is 2.07 bits per heavy atom. The lowest BCUT2D eigenvalue weighted by molar-refractivity contribution is 0.825. The minimum Gasteiger partial charge on any atom is -0.261 e. The molecule has 0 radical (unpaired) electrons. The summed E-state index contributed by atoms with van der Waals surface area (Å²) in [5.74, 6) is 0. The van der Waals surface area contributed by atoms with Gasteiger partial charge >= 0.3 is 0 Å². The van der Waals surface area contributed by atoms with E-state index in [9.17, 15) is 0 Å². The van der Waals surface area contributed by atoms with Gasteiger partial charge in [0, 0.05) is 11.9 Å². The van der Waals surface area contributed by atoms with E-state index in [1.165, 1.54) is 48.9 Å². The molecule has 0 aliphatic heterocycles. The summed E-state index contributed by atoms with van der Waals surface area (Å²) in [5.41, 5.74) is 4.25. The molecule has 1 aromatic heterocycles. The third kappa shape index (κ3) is 3.65. The number of nitrogens with zero attached hydrogens (tertiary/aromatic N) is 1. The number of aromatic nitrogens is 1. The first-order chi connectivity index (χ1) is 7.31. The maximum absolute atomic E-state index is 4.53. The zero-order chi connectivity index (χ0) is 11.1. The summed E-state index contributed by atoms with van der Waals surface area (Å²) >= 11 is 0. The maximum atomic E-state index is 4.53. The highest BCUT2D eigenvalue weighted by molar-refractivity contribution is 5.27. The summed E-state index contributed by atoms with van der Waals surface area (Å²) in [7, 11) is 0. The smallest absolute Gasteiger partial charge is 0.0406 e. The Morgan fingerprint density at radius 2 is 1.47 bits per heavy atom. The van der Waals surface area contributed by atoms with E-state index in [1.54, 1.807) is 0 Å². The van der Waals surface area contributed by atoms with E-state index >= 15 is 0 Å². The number of pyridine rings is 1. The summed E-state index contributed by atoms with van der Waals surface area (Å²) in [6.07, 6.45) is 9.22. The molecule has 0 aliphatic carbocycles. The van der Waals surface area contributed by atoms with Gasteiger partial charge in [-0.15, -0.1) is 0 Å². The van der Waals surface area contributed by atoms with Gasteiger partial charge < -0.3 is 0 Å². The number of hydrogen-bond donors (Lipinski definition) is 0. The van der Waals surface area contributed by atoms with Crippen LogP contribution < -0.4 is 0 Å². The molecule has 0 aliphatic rings. The Balaban J connectivity index is 2.87. The van der Waals surface area contributed by atoms with Gasteiger partial charge in [0.1, 0.15) is 0 Å². The average molecular weight is 205 g/mol. The first-order valence-corrected chi connectivity index (χ1v) is 6.28. The van der Waals surface area contributed by atoms with Crippen molar-refractivity contribution in [3.05, 3.63) is 29.1 Å². The highest BCUT2D eigenvalue weighted by Crippen LogP contribution is 2.14. The molecule has 0 fully saturated rings. The Labute approximate surface area is 93.9 Å². The van der Waals surface area contributed by atoms with E-state index in [-0.39, 0.29) is 0 Å². The monoisotopic (exact) mass is 205 g/mol. The molecule has 1 heterocycles. The van der Waals surface area contributed by atoms with Crippen molar-refractivity contribution in [3.63, 3.8) is 0 Å². The van der Waals surface area contributed by atoms with Crippen LogP contribution in [0.5, 0.6) is 0 Å². The second kappa shape index (κ2) is 6.60. The molecular formula is C14H23N. The minimum atomic E-state index is 1.11.